The molecule has 1 fully saturated rings. The highest BCUT2D eigenvalue weighted by molar-refractivity contribution is 5.25. The molecule has 1 saturated carbocycles. The van der Waals surface area contributed by atoms with E-state index in [-0.39, 0.29) is 6.10 Å². The van der Waals surface area contributed by atoms with Crippen molar-refractivity contribution >= 4 is 0 Å². The molecule has 0 saturated heterocycles. The van der Waals surface area contributed by atoms with Gasteiger partial charge in [-0.1, -0.05) is 31.2 Å². The fourth-order valence-corrected chi connectivity index (χ4v) is 3.22. The maximum absolute atomic E-state index is 10.1. The highest BCUT2D eigenvalue weighted by Crippen LogP contribution is 2.29. The summed E-state index contributed by atoms with van der Waals surface area (Å²) in [6.07, 6.45) is 3.22. The van der Waals surface area contributed by atoms with Gasteiger partial charge in [0.05, 0.1) is 6.10 Å². The molecule has 0 spiro atoms. The Bertz CT molecular complexity index is 404. The van der Waals surface area contributed by atoms with Crippen LogP contribution in [-0.2, 0) is 6.54 Å². The Morgan fingerprint density at radius 2 is 2.00 bits per heavy atom. The van der Waals surface area contributed by atoms with Gasteiger partial charge in [-0.2, -0.15) is 0 Å². The van der Waals surface area contributed by atoms with Crippen molar-refractivity contribution in [1.82, 2.24) is 4.90 Å². The molecule has 0 aromatic heterocycles. The smallest absolute Gasteiger partial charge is 0.0580 e. The van der Waals surface area contributed by atoms with Crippen LogP contribution >= 0.6 is 0 Å². The SMILES string of the molecule is Cc1ccccc1CN(C)CC1CC(C)CCC1O. The lowest BCUT2D eigenvalue weighted by atomic mass is 9.80. The molecule has 1 aliphatic carbocycles. The Kier molecular flexibility index (Phi) is 5.00. The van der Waals surface area contributed by atoms with Crippen molar-refractivity contribution in [2.75, 3.05) is 13.6 Å². The zero-order valence-corrected chi connectivity index (χ0v) is 12.5. The van der Waals surface area contributed by atoms with Crippen LogP contribution in [0.3, 0.4) is 0 Å². The fourth-order valence-electron chi connectivity index (χ4n) is 3.22. The van der Waals surface area contributed by atoms with Crippen molar-refractivity contribution in [3.8, 4) is 0 Å². The van der Waals surface area contributed by atoms with Crippen LogP contribution in [0.4, 0.5) is 0 Å². The average Bonchev–Trinajstić information content (AvgIpc) is 2.37. The summed E-state index contributed by atoms with van der Waals surface area (Å²) in [5.74, 6) is 1.21. The van der Waals surface area contributed by atoms with E-state index in [0.717, 1.165) is 25.4 Å². The van der Waals surface area contributed by atoms with Gasteiger partial charge in [0.1, 0.15) is 0 Å². The lowest BCUT2D eigenvalue weighted by Crippen LogP contribution is -2.36. The molecule has 2 rings (SSSR count). The number of aliphatic hydroxyl groups excluding tert-OH is 1. The predicted molar refractivity (Wildman–Crippen MR) is 80.0 cm³/mol. The maximum atomic E-state index is 10.1. The Morgan fingerprint density at radius 3 is 2.74 bits per heavy atom. The number of nitrogens with zero attached hydrogens (tertiary/aromatic N) is 1. The first-order valence-corrected chi connectivity index (χ1v) is 7.47. The van der Waals surface area contributed by atoms with Gasteiger partial charge in [-0.3, -0.25) is 0 Å². The highest BCUT2D eigenvalue weighted by Gasteiger charge is 2.27. The summed E-state index contributed by atoms with van der Waals surface area (Å²) >= 11 is 0. The summed E-state index contributed by atoms with van der Waals surface area (Å²) in [6, 6.07) is 8.56. The average molecular weight is 261 g/mol. The number of hydrogen-bond acceptors (Lipinski definition) is 2. The number of hydrogen-bond donors (Lipinski definition) is 1. The molecule has 106 valence electrons. The van der Waals surface area contributed by atoms with Crippen LogP contribution in [0.25, 0.3) is 0 Å². The van der Waals surface area contributed by atoms with Gasteiger partial charge in [-0.15, -0.1) is 0 Å². The van der Waals surface area contributed by atoms with E-state index in [1.54, 1.807) is 0 Å². The van der Waals surface area contributed by atoms with E-state index in [1.165, 1.54) is 24.0 Å². The van der Waals surface area contributed by atoms with Gasteiger partial charge in [0.2, 0.25) is 0 Å². The van der Waals surface area contributed by atoms with Gasteiger partial charge in [0.15, 0.2) is 0 Å². The van der Waals surface area contributed by atoms with Crippen molar-refractivity contribution in [2.45, 2.75) is 45.8 Å². The summed E-state index contributed by atoms with van der Waals surface area (Å²) in [5, 5.41) is 10.1. The third kappa shape index (κ3) is 4.05. The van der Waals surface area contributed by atoms with E-state index in [0.29, 0.717) is 5.92 Å². The predicted octanol–water partition coefficient (Wildman–Crippen LogP) is 3.22. The van der Waals surface area contributed by atoms with Crippen molar-refractivity contribution in [1.29, 1.82) is 0 Å². The van der Waals surface area contributed by atoms with Gasteiger partial charge in [-0.25, -0.2) is 0 Å². The molecule has 0 radical (unpaired) electrons. The fraction of sp³-hybridized carbons (Fsp3) is 0.647. The first kappa shape index (κ1) is 14.5. The Hall–Kier alpha value is -0.860. The number of benzene rings is 1. The highest BCUT2D eigenvalue weighted by atomic mass is 16.3. The standard InChI is InChI=1S/C17H27NO/c1-13-8-9-17(19)16(10-13)12-18(3)11-15-7-5-4-6-14(15)2/h4-7,13,16-17,19H,8-12H2,1-3H3. The number of aliphatic hydroxyl groups is 1. The van der Waals surface area contributed by atoms with E-state index in [4.69, 9.17) is 0 Å². The monoisotopic (exact) mass is 261 g/mol. The molecule has 3 atom stereocenters. The first-order valence-electron chi connectivity index (χ1n) is 7.47. The van der Waals surface area contributed by atoms with E-state index in [1.807, 2.05) is 0 Å². The third-order valence-electron chi connectivity index (χ3n) is 4.45. The topological polar surface area (TPSA) is 23.5 Å². The second kappa shape index (κ2) is 6.53. The molecule has 1 N–H and O–H groups in total. The van der Waals surface area contributed by atoms with Gasteiger partial charge in [0.25, 0.3) is 0 Å². The summed E-state index contributed by atoms with van der Waals surface area (Å²) < 4.78 is 0. The van der Waals surface area contributed by atoms with Crippen LogP contribution < -0.4 is 0 Å². The minimum atomic E-state index is -0.101. The molecule has 1 aliphatic rings. The summed E-state index contributed by atoms with van der Waals surface area (Å²) in [6.45, 7) is 6.45. The number of rotatable bonds is 4. The van der Waals surface area contributed by atoms with Crippen molar-refractivity contribution in [3.63, 3.8) is 0 Å². The largest absolute Gasteiger partial charge is 0.393 e. The quantitative estimate of drug-likeness (QED) is 0.899. The van der Waals surface area contributed by atoms with Gasteiger partial charge in [-0.05, 0) is 56.2 Å². The van der Waals surface area contributed by atoms with E-state index in [9.17, 15) is 5.11 Å². The Balaban J connectivity index is 1.90. The van der Waals surface area contributed by atoms with Gasteiger partial charge < -0.3 is 10.0 Å². The zero-order valence-electron chi connectivity index (χ0n) is 12.5. The van der Waals surface area contributed by atoms with E-state index < -0.39 is 0 Å². The molecular weight excluding hydrogens is 234 g/mol. The van der Waals surface area contributed by atoms with Crippen molar-refractivity contribution < 1.29 is 5.11 Å². The molecule has 19 heavy (non-hydrogen) atoms. The molecule has 2 nitrogen and oxygen atoms in total. The first-order chi connectivity index (χ1) is 9.06. The minimum absolute atomic E-state index is 0.101. The van der Waals surface area contributed by atoms with Crippen LogP contribution in [0.1, 0.15) is 37.3 Å². The molecule has 1 aromatic rings. The van der Waals surface area contributed by atoms with E-state index >= 15 is 0 Å². The van der Waals surface area contributed by atoms with Crippen LogP contribution in [0.5, 0.6) is 0 Å². The normalized spacial score (nSPS) is 27.7. The summed E-state index contributed by atoms with van der Waals surface area (Å²) in [5.41, 5.74) is 2.75. The van der Waals surface area contributed by atoms with Crippen LogP contribution in [0, 0.1) is 18.8 Å². The molecule has 0 bridgehead atoms. The molecule has 0 heterocycles. The maximum Gasteiger partial charge on any atom is 0.0580 e. The second-order valence-electron chi connectivity index (χ2n) is 6.37. The van der Waals surface area contributed by atoms with Crippen molar-refractivity contribution in [3.05, 3.63) is 35.4 Å². The lowest BCUT2D eigenvalue weighted by Gasteiger charge is -2.34. The van der Waals surface area contributed by atoms with Crippen LogP contribution in [0.15, 0.2) is 24.3 Å². The number of aryl methyl sites for hydroxylation is 1. The van der Waals surface area contributed by atoms with Crippen LogP contribution in [-0.4, -0.2) is 29.7 Å². The third-order valence-corrected chi connectivity index (χ3v) is 4.45. The summed E-state index contributed by atoms with van der Waals surface area (Å²) in [7, 11) is 2.17. The Morgan fingerprint density at radius 1 is 1.26 bits per heavy atom. The molecule has 1 aromatic carbocycles. The zero-order chi connectivity index (χ0) is 13.8. The van der Waals surface area contributed by atoms with Gasteiger partial charge in [0, 0.05) is 13.1 Å². The van der Waals surface area contributed by atoms with Gasteiger partial charge >= 0.3 is 0 Å². The second-order valence-corrected chi connectivity index (χ2v) is 6.37. The van der Waals surface area contributed by atoms with Crippen molar-refractivity contribution in [2.24, 2.45) is 11.8 Å². The lowest BCUT2D eigenvalue weighted by molar-refractivity contribution is 0.0337. The molecule has 0 amide bonds. The molecule has 3 unspecified atom stereocenters. The minimum Gasteiger partial charge on any atom is -0.393 e. The molecule has 0 aliphatic heterocycles. The molecule has 2 heteroatoms. The summed E-state index contributed by atoms with van der Waals surface area (Å²) in [4.78, 5) is 2.36. The molecular formula is C17H27NO. The van der Waals surface area contributed by atoms with Crippen LogP contribution in [0.2, 0.25) is 0 Å². The van der Waals surface area contributed by atoms with E-state index in [2.05, 4.69) is 50.1 Å². The Labute approximate surface area is 117 Å².